The van der Waals surface area contributed by atoms with Crippen LogP contribution in [0.3, 0.4) is 0 Å². The smallest absolute Gasteiger partial charge is 0.307 e. The van der Waals surface area contributed by atoms with Crippen molar-refractivity contribution in [3.63, 3.8) is 0 Å². The molecule has 1 heterocycles. The zero-order valence-electron chi connectivity index (χ0n) is 15.9. The summed E-state index contributed by atoms with van der Waals surface area (Å²) < 4.78 is 5.11. The van der Waals surface area contributed by atoms with E-state index in [1.165, 1.54) is 17.3 Å². The molecule has 0 bridgehead atoms. The SMILES string of the molecule is CC[C@H](C)c1ccc(C(=O)COC(=O)C[C@@H]2Sc3ccccc3NC2=O)cc1. The largest absolute Gasteiger partial charge is 0.457 e. The summed E-state index contributed by atoms with van der Waals surface area (Å²) in [5, 5.41) is 2.23. The quantitative estimate of drug-likeness (QED) is 0.553. The molecule has 1 aliphatic heterocycles. The molecule has 0 unspecified atom stereocenters. The normalized spacial score (nSPS) is 16.6. The maximum Gasteiger partial charge on any atom is 0.307 e. The minimum absolute atomic E-state index is 0.0783. The van der Waals surface area contributed by atoms with Crippen molar-refractivity contribution in [2.75, 3.05) is 11.9 Å². The van der Waals surface area contributed by atoms with Gasteiger partial charge in [-0.3, -0.25) is 14.4 Å². The van der Waals surface area contributed by atoms with Crippen LogP contribution in [0, 0.1) is 0 Å². The first-order valence-corrected chi connectivity index (χ1v) is 10.2. The van der Waals surface area contributed by atoms with Gasteiger partial charge in [-0.05, 0) is 30.0 Å². The average Bonchev–Trinajstić information content (AvgIpc) is 2.72. The Morgan fingerprint density at radius 1 is 1.14 bits per heavy atom. The highest BCUT2D eigenvalue weighted by Gasteiger charge is 2.29. The van der Waals surface area contributed by atoms with Crippen LogP contribution in [0.15, 0.2) is 53.4 Å². The molecule has 0 spiro atoms. The Labute approximate surface area is 168 Å². The summed E-state index contributed by atoms with van der Waals surface area (Å²) in [6, 6.07) is 14.8. The molecule has 5 nitrogen and oxygen atoms in total. The van der Waals surface area contributed by atoms with Gasteiger partial charge in [0.05, 0.1) is 17.4 Å². The van der Waals surface area contributed by atoms with Crippen LogP contribution in [-0.2, 0) is 14.3 Å². The summed E-state index contributed by atoms with van der Waals surface area (Å²) in [5.74, 6) is -0.606. The first kappa shape index (κ1) is 20.1. The van der Waals surface area contributed by atoms with E-state index >= 15 is 0 Å². The minimum Gasteiger partial charge on any atom is -0.457 e. The number of rotatable bonds is 7. The average molecular weight is 397 g/mol. The molecule has 2 aromatic rings. The van der Waals surface area contributed by atoms with Crippen LogP contribution in [-0.4, -0.2) is 29.5 Å². The molecule has 1 amide bonds. The number of ketones is 1. The predicted octanol–water partition coefficient (Wildman–Crippen LogP) is 4.43. The number of thioether (sulfide) groups is 1. The first-order chi connectivity index (χ1) is 13.5. The summed E-state index contributed by atoms with van der Waals surface area (Å²) in [5.41, 5.74) is 2.44. The molecule has 6 heteroatoms. The van der Waals surface area contributed by atoms with Gasteiger partial charge < -0.3 is 10.1 Å². The Balaban J connectivity index is 1.51. The number of para-hydroxylation sites is 1. The van der Waals surface area contributed by atoms with Crippen molar-refractivity contribution < 1.29 is 19.1 Å². The van der Waals surface area contributed by atoms with Crippen molar-refractivity contribution in [2.24, 2.45) is 0 Å². The number of benzene rings is 2. The number of fused-ring (bicyclic) bond motifs is 1. The van der Waals surface area contributed by atoms with E-state index in [2.05, 4.69) is 19.2 Å². The van der Waals surface area contributed by atoms with E-state index in [-0.39, 0.29) is 24.7 Å². The number of ether oxygens (including phenoxy) is 1. The number of amides is 1. The molecule has 2 aromatic carbocycles. The van der Waals surface area contributed by atoms with Gasteiger partial charge in [-0.2, -0.15) is 0 Å². The van der Waals surface area contributed by atoms with Gasteiger partial charge >= 0.3 is 5.97 Å². The lowest BCUT2D eigenvalue weighted by Gasteiger charge is -2.23. The fourth-order valence-electron chi connectivity index (χ4n) is 2.90. The number of carbonyl (C=O) groups excluding carboxylic acids is 3. The lowest BCUT2D eigenvalue weighted by atomic mass is 9.97. The number of Topliss-reactive ketones (excluding diaryl/α,β-unsaturated/α-hetero) is 1. The summed E-state index contributed by atoms with van der Waals surface area (Å²) in [7, 11) is 0. The molecule has 0 radical (unpaired) electrons. The van der Waals surface area contributed by atoms with E-state index in [0.29, 0.717) is 11.5 Å². The summed E-state index contributed by atoms with van der Waals surface area (Å²) in [6.45, 7) is 3.93. The zero-order valence-corrected chi connectivity index (χ0v) is 16.8. The van der Waals surface area contributed by atoms with Gasteiger partial charge in [-0.25, -0.2) is 0 Å². The van der Waals surface area contributed by atoms with Gasteiger partial charge in [0.2, 0.25) is 5.91 Å². The Bertz CT molecular complexity index is 878. The van der Waals surface area contributed by atoms with E-state index < -0.39 is 11.2 Å². The van der Waals surface area contributed by atoms with E-state index in [1.807, 2.05) is 36.4 Å². The van der Waals surface area contributed by atoms with Gasteiger partial charge in [0.1, 0.15) is 0 Å². The summed E-state index contributed by atoms with van der Waals surface area (Å²) >= 11 is 1.33. The topological polar surface area (TPSA) is 72.5 Å². The van der Waals surface area contributed by atoms with Gasteiger partial charge in [0.25, 0.3) is 0 Å². The predicted molar refractivity (Wildman–Crippen MR) is 110 cm³/mol. The van der Waals surface area contributed by atoms with E-state index in [1.54, 1.807) is 12.1 Å². The highest BCUT2D eigenvalue weighted by atomic mass is 32.2. The van der Waals surface area contributed by atoms with Crippen molar-refractivity contribution in [1.29, 1.82) is 0 Å². The molecule has 1 aliphatic rings. The third kappa shape index (κ3) is 4.81. The number of nitrogens with one attached hydrogen (secondary N) is 1. The zero-order chi connectivity index (χ0) is 20.1. The second-order valence-corrected chi connectivity index (χ2v) is 8.06. The second kappa shape index (κ2) is 9.06. The molecule has 3 rings (SSSR count). The standard InChI is InChI=1S/C22H23NO4S/c1-3-14(2)15-8-10-16(11-9-15)18(24)13-27-21(25)12-20-22(26)23-17-6-4-5-7-19(17)28-20/h4-11,14,20H,3,12-13H2,1-2H3,(H,23,26)/t14-,20-/m0/s1. The maximum atomic E-state index is 12.3. The third-order valence-electron chi connectivity index (χ3n) is 4.84. The van der Waals surface area contributed by atoms with Crippen LogP contribution in [0.2, 0.25) is 0 Å². The Hall–Kier alpha value is -2.60. The molecular weight excluding hydrogens is 374 g/mol. The molecule has 0 aliphatic carbocycles. The number of anilines is 1. The van der Waals surface area contributed by atoms with Gasteiger partial charge in [0.15, 0.2) is 12.4 Å². The van der Waals surface area contributed by atoms with Crippen LogP contribution in [0.5, 0.6) is 0 Å². The Morgan fingerprint density at radius 3 is 2.57 bits per heavy atom. The molecule has 2 atom stereocenters. The van der Waals surface area contributed by atoms with Gasteiger partial charge in [0, 0.05) is 10.5 Å². The molecule has 28 heavy (non-hydrogen) atoms. The molecular formula is C22H23NO4S. The number of esters is 1. The fraction of sp³-hybridized carbons (Fsp3) is 0.318. The minimum atomic E-state index is -0.563. The second-order valence-electron chi connectivity index (χ2n) is 6.81. The molecule has 1 N–H and O–H groups in total. The highest BCUT2D eigenvalue weighted by molar-refractivity contribution is 8.01. The van der Waals surface area contributed by atoms with Crippen LogP contribution < -0.4 is 5.32 Å². The third-order valence-corrected chi connectivity index (χ3v) is 6.11. The van der Waals surface area contributed by atoms with Crippen LogP contribution in [0.25, 0.3) is 0 Å². The lowest BCUT2D eigenvalue weighted by Crippen LogP contribution is -2.31. The van der Waals surface area contributed by atoms with Crippen molar-refractivity contribution in [1.82, 2.24) is 0 Å². The van der Waals surface area contributed by atoms with Gasteiger partial charge in [-0.1, -0.05) is 50.2 Å². The number of hydrogen-bond acceptors (Lipinski definition) is 5. The molecule has 146 valence electrons. The summed E-state index contributed by atoms with van der Waals surface area (Å²) in [4.78, 5) is 37.4. The monoisotopic (exact) mass is 397 g/mol. The van der Waals surface area contributed by atoms with E-state index in [4.69, 9.17) is 4.74 Å². The summed E-state index contributed by atoms with van der Waals surface area (Å²) in [6.07, 6.45) is 0.952. The number of carbonyl (C=O) groups is 3. The van der Waals surface area contributed by atoms with Crippen LogP contribution >= 0.6 is 11.8 Å². The van der Waals surface area contributed by atoms with Crippen molar-refractivity contribution >= 4 is 35.1 Å². The van der Waals surface area contributed by atoms with Gasteiger partial charge in [-0.15, -0.1) is 11.8 Å². The van der Waals surface area contributed by atoms with Crippen LogP contribution in [0.4, 0.5) is 5.69 Å². The molecule has 0 aromatic heterocycles. The fourth-order valence-corrected chi connectivity index (χ4v) is 4.00. The Morgan fingerprint density at radius 2 is 1.86 bits per heavy atom. The Kier molecular flexibility index (Phi) is 6.52. The van der Waals surface area contributed by atoms with Crippen molar-refractivity contribution in [3.05, 3.63) is 59.7 Å². The van der Waals surface area contributed by atoms with Crippen LogP contribution in [0.1, 0.15) is 48.5 Å². The number of hydrogen-bond donors (Lipinski definition) is 1. The lowest BCUT2D eigenvalue weighted by molar-refractivity contribution is -0.143. The first-order valence-electron chi connectivity index (χ1n) is 9.33. The van der Waals surface area contributed by atoms with Crippen molar-refractivity contribution in [2.45, 2.75) is 42.8 Å². The van der Waals surface area contributed by atoms with E-state index in [0.717, 1.165) is 17.0 Å². The van der Waals surface area contributed by atoms with E-state index in [9.17, 15) is 14.4 Å². The molecule has 0 fully saturated rings. The molecule has 0 saturated carbocycles. The maximum absolute atomic E-state index is 12.3. The highest BCUT2D eigenvalue weighted by Crippen LogP contribution is 2.36. The molecule has 0 saturated heterocycles. The van der Waals surface area contributed by atoms with Crippen molar-refractivity contribution in [3.8, 4) is 0 Å².